The molecular weight excluding hydrogens is 284 g/mol. The molecule has 0 spiro atoms. The van der Waals surface area contributed by atoms with Gasteiger partial charge in [-0.1, -0.05) is 32.4 Å². The Morgan fingerprint density at radius 1 is 1.19 bits per heavy atom. The molecule has 0 saturated heterocycles. The third-order valence-corrected chi connectivity index (χ3v) is 3.34. The van der Waals surface area contributed by atoms with Gasteiger partial charge >= 0.3 is 0 Å². The summed E-state index contributed by atoms with van der Waals surface area (Å²) in [6.07, 6.45) is 0. The summed E-state index contributed by atoms with van der Waals surface area (Å²) in [4.78, 5) is 4.58. The van der Waals surface area contributed by atoms with Crippen LogP contribution in [0.15, 0.2) is 36.4 Å². The molecule has 0 aliphatic heterocycles. The van der Waals surface area contributed by atoms with Crippen LogP contribution in [0.3, 0.4) is 0 Å². The third-order valence-electron chi connectivity index (χ3n) is 3.09. The van der Waals surface area contributed by atoms with Crippen LogP contribution in [0.4, 0.5) is 0 Å². The van der Waals surface area contributed by atoms with Crippen molar-refractivity contribution < 1.29 is 4.74 Å². The molecule has 112 valence electrons. The average molecular weight is 305 g/mol. The van der Waals surface area contributed by atoms with Crippen LogP contribution in [0.25, 0.3) is 0 Å². The van der Waals surface area contributed by atoms with E-state index in [-0.39, 0.29) is 0 Å². The lowest BCUT2D eigenvalue weighted by molar-refractivity contribution is 0.458. The monoisotopic (exact) mass is 304 g/mol. The minimum atomic E-state index is 0.360. The Labute approximate surface area is 131 Å². The zero-order valence-electron chi connectivity index (χ0n) is 12.7. The average Bonchev–Trinajstić information content (AvgIpc) is 2.47. The van der Waals surface area contributed by atoms with Crippen molar-refractivity contribution >= 4 is 11.6 Å². The highest BCUT2D eigenvalue weighted by Crippen LogP contribution is 2.25. The van der Waals surface area contributed by atoms with Gasteiger partial charge in [0.1, 0.15) is 5.75 Å². The van der Waals surface area contributed by atoms with Gasteiger partial charge in [-0.25, -0.2) is 4.98 Å². The standard InChI is InChI=1S/C17H21ClN2O/c1-4-19-11-13-9-16(12(2)3)20-17(10-13)21-15-7-5-14(18)6-8-15/h5-10,12,19H,4,11H2,1-3H3. The predicted octanol–water partition coefficient (Wildman–Crippen LogP) is 4.76. The van der Waals surface area contributed by atoms with E-state index in [4.69, 9.17) is 16.3 Å². The minimum absolute atomic E-state index is 0.360. The highest BCUT2D eigenvalue weighted by molar-refractivity contribution is 6.30. The van der Waals surface area contributed by atoms with E-state index < -0.39 is 0 Å². The number of nitrogens with one attached hydrogen (secondary N) is 1. The molecule has 0 saturated carbocycles. The maximum Gasteiger partial charge on any atom is 0.219 e. The molecule has 0 aliphatic carbocycles. The Balaban J connectivity index is 2.24. The molecule has 0 bridgehead atoms. The highest BCUT2D eigenvalue weighted by atomic mass is 35.5. The summed E-state index contributed by atoms with van der Waals surface area (Å²) >= 11 is 5.88. The molecule has 0 fully saturated rings. The summed E-state index contributed by atoms with van der Waals surface area (Å²) in [5.74, 6) is 1.72. The second kappa shape index (κ2) is 7.43. The Morgan fingerprint density at radius 2 is 1.90 bits per heavy atom. The SMILES string of the molecule is CCNCc1cc(Oc2ccc(Cl)cc2)nc(C(C)C)c1. The zero-order chi connectivity index (χ0) is 15.2. The third kappa shape index (κ3) is 4.73. The molecule has 1 N–H and O–H groups in total. The van der Waals surface area contributed by atoms with Crippen LogP contribution in [0.1, 0.15) is 37.9 Å². The van der Waals surface area contributed by atoms with Crippen molar-refractivity contribution in [3.63, 3.8) is 0 Å². The van der Waals surface area contributed by atoms with Crippen molar-refractivity contribution in [1.29, 1.82) is 0 Å². The molecule has 0 aliphatic rings. The first-order valence-corrected chi connectivity index (χ1v) is 7.61. The van der Waals surface area contributed by atoms with Crippen LogP contribution < -0.4 is 10.1 Å². The molecule has 0 amide bonds. The van der Waals surface area contributed by atoms with Crippen LogP contribution in [0.2, 0.25) is 5.02 Å². The molecule has 21 heavy (non-hydrogen) atoms. The molecule has 0 radical (unpaired) electrons. The van der Waals surface area contributed by atoms with Crippen molar-refractivity contribution in [3.8, 4) is 11.6 Å². The summed E-state index contributed by atoms with van der Waals surface area (Å²) in [5.41, 5.74) is 2.22. The predicted molar refractivity (Wildman–Crippen MR) is 87.2 cm³/mol. The van der Waals surface area contributed by atoms with Gasteiger partial charge in [0.2, 0.25) is 5.88 Å². The van der Waals surface area contributed by atoms with Gasteiger partial charge in [-0.15, -0.1) is 0 Å². The quantitative estimate of drug-likeness (QED) is 0.835. The summed E-state index contributed by atoms with van der Waals surface area (Å²) in [7, 11) is 0. The van der Waals surface area contributed by atoms with Crippen molar-refractivity contribution in [3.05, 3.63) is 52.7 Å². The number of aromatic nitrogens is 1. The van der Waals surface area contributed by atoms with Crippen molar-refractivity contribution in [2.24, 2.45) is 0 Å². The van der Waals surface area contributed by atoms with Gasteiger partial charge in [0.15, 0.2) is 0 Å². The number of hydrogen-bond donors (Lipinski definition) is 1. The van der Waals surface area contributed by atoms with Gasteiger partial charge in [-0.2, -0.15) is 0 Å². The van der Waals surface area contributed by atoms with E-state index in [1.165, 1.54) is 5.56 Å². The molecule has 2 aromatic rings. The van der Waals surface area contributed by atoms with E-state index in [9.17, 15) is 0 Å². The number of benzene rings is 1. The molecule has 3 nitrogen and oxygen atoms in total. The Hall–Kier alpha value is -1.58. The smallest absolute Gasteiger partial charge is 0.219 e. The van der Waals surface area contributed by atoms with Crippen LogP contribution in [0, 0.1) is 0 Å². The van der Waals surface area contributed by atoms with Crippen LogP contribution >= 0.6 is 11.6 Å². The van der Waals surface area contributed by atoms with Crippen LogP contribution in [0.5, 0.6) is 11.6 Å². The second-order valence-electron chi connectivity index (χ2n) is 5.23. The maximum absolute atomic E-state index is 5.88. The first kappa shape index (κ1) is 15.8. The first-order valence-electron chi connectivity index (χ1n) is 7.23. The van der Waals surface area contributed by atoms with E-state index >= 15 is 0 Å². The lowest BCUT2D eigenvalue weighted by Crippen LogP contribution is -2.12. The molecule has 0 unspecified atom stereocenters. The molecule has 1 aromatic heterocycles. The molecule has 0 atom stereocenters. The number of hydrogen-bond acceptors (Lipinski definition) is 3. The molecule has 4 heteroatoms. The molecule has 1 aromatic carbocycles. The van der Waals surface area contributed by atoms with E-state index in [0.29, 0.717) is 16.8 Å². The van der Waals surface area contributed by atoms with Crippen molar-refractivity contribution in [2.45, 2.75) is 33.2 Å². The summed E-state index contributed by atoms with van der Waals surface area (Å²) in [6, 6.07) is 11.4. The van der Waals surface area contributed by atoms with Gasteiger partial charge < -0.3 is 10.1 Å². The summed E-state index contributed by atoms with van der Waals surface area (Å²) in [5, 5.41) is 4.02. The highest BCUT2D eigenvalue weighted by Gasteiger charge is 2.08. The van der Waals surface area contributed by atoms with E-state index in [0.717, 1.165) is 24.5 Å². The first-order chi connectivity index (χ1) is 10.1. The van der Waals surface area contributed by atoms with Crippen LogP contribution in [-0.2, 0) is 6.54 Å². The van der Waals surface area contributed by atoms with Crippen LogP contribution in [-0.4, -0.2) is 11.5 Å². The zero-order valence-corrected chi connectivity index (χ0v) is 13.4. The van der Waals surface area contributed by atoms with Gasteiger partial charge in [0, 0.05) is 23.3 Å². The fraction of sp³-hybridized carbons (Fsp3) is 0.353. The minimum Gasteiger partial charge on any atom is -0.439 e. The maximum atomic E-state index is 5.88. The lowest BCUT2D eigenvalue weighted by Gasteiger charge is -2.12. The normalized spacial score (nSPS) is 10.9. The number of nitrogens with zero attached hydrogens (tertiary/aromatic N) is 1. The Kier molecular flexibility index (Phi) is 5.59. The van der Waals surface area contributed by atoms with Gasteiger partial charge in [0.05, 0.1) is 0 Å². The fourth-order valence-corrected chi connectivity index (χ4v) is 2.05. The van der Waals surface area contributed by atoms with E-state index in [2.05, 4.69) is 37.1 Å². The Bertz CT molecular complexity index is 582. The number of halogens is 1. The molecular formula is C17H21ClN2O. The topological polar surface area (TPSA) is 34.1 Å². The summed E-state index contributed by atoms with van der Waals surface area (Å²) in [6.45, 7) is 8.11. The number of rotatable bonds is 6. The van der Waals surface area contributed by atoms with Crippen molar-refractivity contribution in [1.82, 2.24) is 10.3 Å². The number of pyridine rings is 1. The molecule has 2 rings (SSSR count). The van der Waals surface area contributed by atoms with Gasteiger partial charge in [-0.3, -0.25) is 0 Å². The van der Waals surface area contributed by atoms with Gasteiger partial charge in [-0.05, 0) is 48.4 Å². The van der Waals surface area contributed by atoms with Crippen molar-refractivity contribution in [2.75, 3.05) is 6.54 Å². The lowest BCUT2D eigenvalue weighted by atomic mass is 10.1. The summed E-state index contributed by atoms with van der Waals surface area (Å²) < 4.78 is 5.85. The number of ether oxygens (including phenoxy) is 1. The largest absolute Gasteiger partial charge is 0.439 e. The van der Waals surface area contributed by atoms with E-state index in [1.807, 2.05) is 30.3 Å². The van der Waals surface area contributed by atoms with Gasteiger partial charge in [0.25, 0.3) is 0 Å². The second-order valence-corrected chi connectivity index (χ2v) is 5.67. The fourth-order valence-electron chi connectivity index (χ4n) is 1.92. The van der Waals surface area contributed by atoms with E-state index in [1.54, 1.807) is 0 Å². The Morgan fingerprint density at radius 3 is 2.52 bits per heavy atom. The molecule has 1 heterocycles.